The van der Waals surface area contributed by atoms with Gasteiger partial charge in [0.05, 0.1) is 22.2 Å². The van der Waals surface area contributed by atoms with Crippen LogP contribution in [0, 0.1) is 25.2 Å². The number of ether oxygens (including phenoxy) is 1. The minimum Gasteiger partial charge on any atom is -0.484 e. The number of hydrogen-bond acceptors (Lipinski definition) is 5. The van der Waals surface area contributed by atoms with Crippen molar-refractivity contribution < 1.29 is 17.9 Å². The minimum absolute atomic E-state index is 0.0852. The van der Waals surface area contributed by atoms with E-state index in [1.54, 1.807) is 24.3 Å². The maximum atomic E-state index is 12.7. The van der Waals surface area contributed by atoms with Gasteiger partial charge in [-0.3, -0.25) is 9.52 Å². The van der Waals surface area contributed by atoms with Gasteiger partial charge in [0, 0.05) is 5.69 Å². The highest BCUT2D eigenvalue weighted by molar-refractivity contribution is 7.92. The van der Waals surface area contributed by atoms with E-state index >= 15 is 0 Å². The van der Waals surface area contributed by atoms with Crippen molar-refractivity contribution >= 4 is 27.3 Å². The van der Waals surface area contributed by atoms with Crippen LogP contribution >= 0.6 is 0 Å². The van der Waals surface area contributed by atoms with Crippen molar-refractivity contribution in [1.29, 1.82) is 5.26 Å². The molecule has 0 fully saturated rings. The maximum Gasteiger partial charge on any atom is 0.262 e. The monoisotopic (exact) mass is 435 g/mol. The van der Waals surface area contributed by atoms with E-state index in [0.29, 0.717) is 22.7 Å². The number of hydrogen-bond donors (Lipinski definition) is 2. The molecule has 0 bridgehead atoms. The molecule has 0 radical (unpaired) electrons. The third-order valence-electron chi connectivity index (χ3n) is 4.52. The molecule has 1 amide bonds. The van der Waals surface area contributed by atoms with Crippen LogP contribution in [0.5, 0.6) is 5.75 Å². The highest BCUT2D eigenvalue weighted by atomic mass is 32.2. The summed E-state index contributed by atoms with van der Waals surface area (Å²) in [7, 11) is -3.77. The van der Waals surface area contributed by atoms with Gasteiger partial charge in [-0.25, -0.2) is 8.42 Å². The Hall–Kier alpha value is -3.83. The fraction of sp³-hybridized carbons (Fsp3) is 0.130. The van der Waals surface area contributed by atoms with E-state index in [0.717, 1.165) is 11.1 Å². The molecule has 0 saturated carbocycles. The van der Waals surface area contributed by atoms with Gasteiger partial charge >= 0.3 is 0 Å². The van der Waals surface area contributed by atoms with Gasteiger partial charge in [0.2, 0.25) is 0 Å². The van der Waals surface area contributed by atoms with Crippen LogP contribution in [-0.2, 0) is 14.8 Å². The molecule has 31 heavy (non-hydrogen) atoms. The van der Waals surface area contributed by atoms with E-state index in [1.807, 2.05) is 38.1 Å². The molecule has 0 aliphatic rings. The lowest BCUT2D eigenvalue weighted by atomic mass is 10.1. The van der Waals surface area contributed by atoms with Crippen LogP contribution in [0.2, 0.25) is 0 Å². The normalized spacial score (nSPS) is 10.7. The van der Waals surface area contributed by atoms with Crippen molar-refractivity contribution in [2.24, 2.45) is 0 Å². The SMILES string of the molecule is Cc1cccc(C)c1NS(=O)(=O)c1ccc(NC(=O)COc2ccc(C#N)cc2)cc1. The number of amides is 1. The number of nitrogens with one attached hydrogen (secondary N) is 2. The molecule has 0 atom stereocenters. The summed E-state index contributed by atoms with van der Waals surface area (Å²) in [6, 6.07) is 19.8. The molecule has 3 rings (SSSR count). The van der Waals surface area contributed by atoms with Crippen LogP contribution < -0.4 is 14.8 Å². The summed E-state index contributed by atoms with van der Waals surface area (Å²) in [6.45, 7) is 3.45. The molecule has 0 aliphatic carbocycles. The van der Waals surface area contributed by atoms with Gasteiger partial charge in [-0.05, 0) is 73.5 Å². The summed E-state index contributed by atoms with van der Waals surface area (Å²) in [5.41, 5.74) is 3.16. The van der Waals surface area contributed by atoms with Gasteiger partial charge in [-0.15, -0.1) is 0 Å². The number of para-hydroxylation sites is 1. The molecule has 0 heterocycles. The van der Waals surface area contributed by atoms with Crippen LogP contribution in [0.3, 0.4) is 0 Å². The van der Waals surface area contributed by atoms with Crippen LogP contribution in [0.4, 0.5) is 11.4 Å². The first-order chi connectivity index (χ1) is 14.8. The lowest BCUT2D eigenvalue weighted by Crippen LogP contribution is -2.20. The van der Waals surface area contributed by atoms with E-state index in [9.17, 15) is 13.2 Å². The molecule has 0 aromatic heterocycles. The van der Waals surface area contributed by atoms with E-state index < -0.39 is 15.9 Å². The fourth-order valence-electron chi connectivity index (χ4n) is 2.86. The first-order valence-corrected chi connectivity index (χ1v) is 10.9. The van der Waals surface area contributed by atoms with E-state index in [2.05, 4.69) is 10.0 Å². The number of nitrogens with zero attached hydrogens (tertiary/aromatic N) is 1. The Morgan fingerprint density at radius 2 is 1.58 bits per heavy atom. The summed E-state index contributed by atoms with van der Waals surface area (Å²) in [4.78, 5) is 12.2. The standard InChI is InChI=1S/C23H21N3O4S/c1-16-4-3-5-17(2)23(16)26-31(28,29)21-12-8-19(9-13-21)25-22(27)15-30-20-10-6-18(14-24)7-11-20/h3-13,26H,15H2,1-2H3,(H,25,27). The summed E-state index contributed by atoms with van der Waals surface area (Å²) in [5.74, 6) is 0.0711. The van der Waals surface area contributed by atoms with Crippen molar-refractivity contribution in [3.63, 3.8) is 0 Å². The minimum atomic E-state index is -3.77. The number of carbonyl (C=O) groups is 1. The highest BCUT2D eigenvalue weighted by Crippen LogP contribution is 2.24. The number of rotatable bonds is 7. The average molecular weight is 436 g/mol. The lowest BCUT2D eigenvalue weighted by molar-refractivity contribution is -0.118. The zero-order chi connectivity index (χ0) is 22.4. The molecule has 8 heteroatoms. The highest BCUT2D eigenvalue weighted by Gasteiger charge is 2.16. The molecular weight excluding hydrogens is 414 g/mol. The Morgan fingerprint density at radius 3 is 2.16 bits per heavy atom. The van der Waals surface area contributed by atoms with E-state index in [-0.39, 0.29) is 11.5 Å². The van der Waals surface area contributed by atoms with Gasteiger partial charge in [-0.1, -0.05) is 18.2 Å². The largest absolute Gasteiger partial charge is 0.484 e. The molecule has 0 aliphatic heterocycles. The molecule has 158 valence electrons. The second-order valence-corrected chi connectivity index (χ2v) is 8.55. The molecule has 3 aromatic rings. The average Bonchev–Trinajstić information content (AvgIpc) is 2.76. The van der Waals surface area contributed by atoms with Crippen LogP contribution in [0.1, 0.15) is 16.7 Å². The Kier molecular flexibility index (Phi) is 6.58. The van der Waals surface area contributed by atoms with Crippen LogP contribution in [-0.4, -0.2) is 20.9 Å². The number of carbonyl (C=O) groups excluding carboxylic acids is 1. The zero-order valence-electron chi connectivity index (χ0n) is 17.0. The third kappa shape index (κ3) is 5.62. The second kappa shape index (κ2) is 9.32. The zero-order valence-corrected chi connectivity index (χ0v) is 17.9. The Balaban J connectivity index is 1.61. The van der Waals surface area contributed by atoms with Crippen molar-refractivity contribution in [3.05, 3.63) is 83.4 Å². The smallest absolute Gasteiger partial charge is 0.262 e. The first-order valence-electron chi connectivity index (χ1n) is 9.40. The lowest BCUT2D eigenvalue weighted by Gasteiger charge is -2.13. The van der Waals surface area contributed by atoms with Crippen molar-refractivity contribution in [3.8, 4) is 11.8 Å². The Bertz CT molecular complexity index is 1210. The number of nitriles is 1. The molecule has 7 nitrogen and oxygen atoms in total. The maximum absolute atomic E-state index is 12.7. The van der Waals surface area contributed by atoms with Gasteiger partial charge in [0.25, 0.3) is 15.9 Å². The van der Waals surface area contributed by atoms with Gasteiger partial charge < -0.3 is 10.1 Å². The van der Waals surface area contributed by atoms with Crippen molar-refractivity contribution in [2.45, 2.75) is 18.7 Å². The number of anilines is 2. The second-order valence-electron chi connectivity index (χ2n) is 6.87. The van der Waals surface area contributed by atoms with Gasteiger partial charge in [0.1, 0.15) is 5.75 Å². The van der Waals surface area contributed by atoms with E-state index in [1.165, 1.54) is 24.3 Å². The van der Waals surface area contributed by atoms with Crippen molar-refractivity contribution in [1.82, 2.24) is 0 Å². The quantitative estimate of drug-likeness (QED) is 0.583. The molecule has 0 unspecified atom stereocenters. The molecule has 0 saturated heterocycles. The topological polar surface area (TPSA) is 108 Å². The molecule has 3 aromatic carbocycles. The molecule has 0 spiro atoms. The predicted octanol–water partition coefficient (Wildman–Crippen LogP) is 3.99. The summed E-state index contributed by atoms with van der Waals surface area (Å²) >= 11 is 0. The third-order valence-corrected chi connectivity index (χ3v) is 5.88. The summed E-state index contributed by atoms with van der Waals surface area (Å²) < 4.78 is 33.4. The summed E-state index contributed by atoms with van der Waals surface area (Å²) in [5, 5.41) is 11.4. The van der Waals surface area contributed by atoms with Gasteiger partial charge in [0.15, 0.2) is 6.61 Å². The van der Waals surface area contributed by atoms with Crippen molar-refractivity contribution in [2.75, 3.05) is 16.6 Å². The van der Waals surface area contributed by atoms with E-state index in [4.69, 9.17) is 10.00 Å². The fourth-order valence-corrected chi connectivity index (χ4v) is 4.06. The van der Waals surface area contributed by atoms with Crippen LogP contribution in [0.15, 0.2) is 71.6 Å². The Morgan fingerprint density at radius 1 is 0.968 bits per heavy atom. The number of sulfonamides is 1. The first kappa shape index (κ1) is 21.9. The number of benzene rings is 3. The van der Waals surface area contributed by atoms with Gasteiger partial charge in [-0.2, -0.15) is 5.26 Å². The molecule has 2 N–H and O–H groups in total. The molecular formula is C23H21N3O4S. The number of aryl methyl sites for hydroxylation is 2. The summed E-state index contributed by atoms with van der Waals surface area (Å²) in [6.07, 6.45) is 0. The van der Waals surface area contributed by atoms with Crippen LogP contribution in [0.25, 0.3) is 0 Å². The predicted molar refractivity (Wildman–Crippen MR) is 118 cm³/mol. The Labute approximate surface area is 181 Å².